The second kappa shape index (κ2) is 10.2. The monoisotopic (exact) mass is 588 g/mol. The summed E-state index contributed by atoms with van der Waals surface area (Å²) in [5.41, 5.74) is 2.45. The van der Waals surface area contributed by atoms with E-state index < -0.39 is 23.4 Å². The number of carbonyl (C=O) groups is 3. The van der Waals surface area contributed by atoms with E-state index in [1.807, 2.05) is 79.6 Å². The van der Waals surface area contributed by atoms with Crippen molar-refractivity contribution in [3.63, 3.8) is 0 Å². The predicted octanol–water partition coefficient (Wildman–Crippen LogP) is 7.11. The molecular weight excluding hydrogens is 560 g/mol. The molecule has 4 atom stereocenters. The van der Waals surface area contributed by atoms with Gasteiger partial charge in [0, 0.05) is 23.0 Å². The molecule has 0 aromatic heterocycles. The lowest BCUT2D eigenvalue weighted by molar-refractivity contribution is -0.122. The Morgan fingerprint density at radius 3 is 2.35 bits per heavy atom. The first kappa shape index (κ1) is 27.2. The van der Waals surface area contributed by atoms with Crippen molar-refractivity contribution in [2.45, 2.75) is 37.5 Å². The van der Waals surface area contributed by atoms with E-state index in [1.165, 1.54) is 0 Å². The normalized spacial score (nSPS) is 23.1. The Labute approximate surface area is 254 Å². The number of ether oxygens (including phenoxy) is 1. The number of fused-ring (bicyclic) bond motifs is 6. The lowest BCUT2D eigenvalue weighted by atomic mass is 9.62. The second-order valence-electron chi connectivity index (χ2n) is 11.5. The molecule has 1 N–H and O–H groups in total. The maximum Gasteiger partial charge on any atom is 0.238 e. The fourth-order valence-corrected chi connectivity index (χ4v) is 7.37. The lowest BCUT2D eigenvalue weighted by Crippen LogP contribution is -2.49. The molecule has 43 heavy (non-hydrogen) atoms. The Morgan fingerprint density at radius 1 is 0.884 bits per heavy atom. The van der Waals surface area contributed by atoms with Gasteiger partial charge >= 0.3 is 0 Å². The summed E-state index contributed by atoms with van der Waals surface area (Å²) in [6.45, 7) is 3.88. The number of nitrogens with zero attached hydrogens (tertiary/aromatic N) is 1. The zero-order chi connectivity index (χ0) is 29.9. The van der Waals surface area contributed by atoms with E-state index in [0.29, 0.717) is 22.6 Å². The molecule has 3 aliphatic heterocycles. The van der Waals surface area contributed by atoms with Gasteiger partial charge in [0.2, 0.25) is 5.91 Å². The first-order valence-corrected chi connectivity index (χ1v) is 14.8. The van der Waals surface area contributed by atoms with Crippen LogP contribution < -0.4 is 10.1 Å². The number of ketones is 2. The molecule has 0 bridgehead atoms. The van der Waals surface area contributed by atoms with E-state index in [4.69, 9.17) is 16.3 Å². The van der Waals surface area contributed by atoms with Crippen molar-refractivity contribution in [3.05, 3.63) is 136 Å². The van der Waals surface area contributed by atoms with E-state index in [2.05, 4.69) is 5.32 Å². The minimum atomic E-state index is -1.41. The van der Waals surface area contributed by atoms with Crippen LogP contribution in [0.1, 0.15) is 57.3 Å². The molecule has 1 saturated heterocycles. The van der Waals surface area contributed by atoms with Gasteiger partial charge in [-0.15, -0.1) is 0 Å². The first-order chi connectivity index (χ1) is 20.8. The fourth-order valence-electron chi connectivity index (χ4n) is 7.14. The number of halogens is 1. The van der Waals surface area contributed by atoms with Gasteiger partial charge in [-0.25, -0.2) is 0 Å². The smallest absolute Gasteiger partial charge is 0.238 e. The third-order valence-corrected chi connectivity index (χ3v) is 9.10. The van der Waals surface area contributed by atoms with Crippen LogP contribution in [0.3, 0.4) is 0 Å². The van der Waals surface area contributed by atoms with Gasteiger partial charge in [-0.2, -0.15) is 0 Å². The SMILES string of the molecule is CC(C)Oc1ccc(C(=O)[C@@H]2[C@@H](C(=O)c3ccccc3Cl)[C@@]3(C(=O)Nc4ccccc43)[C@H]3c4ccccc4C=CN23)cc1. The zero-order valence-electron chi connectivity index (χ0n) is 23.7. The number of nitrogens with one attached hydrogen (secondary N) is 1. The van der Waals surface area contributed by atoms with Crippen LogP contribution in [-0.4, -0.2) is 34.5 Å². The Hall–Kier alpha value is -4.68. The Kier molecular flexibility index (Phi) is 6.47. The molecule has 7 heteroatoms. The molecule has 1 amide bonds. The molecule has 1 spiro atoms. The number of para-hydroxylation sites is 1. The second-order valence-corrected chi connectivity index (χ2v) is 11.9. The van der Waals surface area contributed by atoms with Crippen LogP contribution in [0.5, 0.6) is 5.75 Å². The standard InChI is InChI=1S/C36H29ClN2O4/c1-21(2)43-24-17-15-23(16-18-24)32(40)31-30(33(41)26-11-5-7-13-28(26)37)36(27-12-6-8-14-29(27)38-35(36)42)34-25-10-4-3-9-22(25)19-20-39(31)34/h3-21,30-31,34H,1-2H3,(H,38,42)/t30-,31-,34+,36+/m0/s1. The van der Waals surface area contributed by atoms with E-state index in [1.54, 1.807) is 48.5 Å². The summed E-state index contributed by atoms with van der Waals surface area (Å²) < 4.78 is 5.80. The van der Waals surface area contributed by atoms with Gasteiger partial charge in [-0.3, -0.25) is 14.4 Å². The molecule has 0 radical (unpaired) electrons. The molecule has 0 saturated carbocycles. The quantitative estimate of drug-likeness (QED) is 0.243. The average Bonchev–Trinajstić information content (AvgIpc) is 3.49. The number of hydrogen-bond acceptors (Lipinski definition) is 5. The lowest BCUT2D eigenvalue weighted by Gasteiger charge is -2.38. The number of Topliss-reactive ketones (excluding diaryl/α,β-unsaturated/α-hetero) is 2. The Bertz CT molecular complexity index is 1810. The average molecular weight is 589 g/mol. The third kappa shape index (κ3) is 4.04. The summed E-state index contributed by atoms with van der Waals surface area (Å²) in [6.07, 6.45) is 3.79. The van der Waals surface area contributed by atoms with Crippen LogP contribution in [0.2, 0.25) is 5.02 Å². The number of anilines is 1. The van der Waals surface area contributed by atoms with Crippen molar-refractivity contribution < 1.29 is 19.1 Å². The largest absolute Gasteiger partial charge is 0.491 e. The molecule has 4 aromatic rings. The van der Waals surface area contributed by atoms with Crippen LogP contribution in [0.15, 0.2) is 103 Å². The van der Waals surface area contributed by atoms with Crippen molar-refractivity contribution in [2.24, 2.45) is 5.92 Å². The molecule has 0 unspecified atom stereocenters. The number of carbonyl (C=O) groups excluding carboxylic acids is 3. The highest BCUT2D eigenvalue weighted by atomic mass is 35.5. The highest BCUT2D eigenvalue weighted by Crippen LogP contribution is 2.62. The van der Waals surface area contributed by atoms with Crippen molar-refractivity contribution in [1.82, 2.24) is 4.90 Å². The molecule has 6 nitrogen and oxygen atoms in total. The molecule has 0 aliphatic carbocycles. The fraction of sp³-hybridized carbons (Fsp3) is 0.194. The first-order valence-electron chi connectivity index (χ1n) is 14.4. The minimum absolute atomic E-state index is 0.0193. The highest BCUT2D eigenvalue weighted by molar-refractivity contribution is 6.34. The molecule has 3 aliphatic rings. The van der Waals surface area contributed by atoms with E-state index in [-0.39, 0.29) is 34.2 Å². The topological polar surface area (TPSA) is 75.7 Å². The Balaban J connectivity index is 1.49. The number of benzene rings is 4. The van der Waals surface area contributed by atoms with Gasteiger partial charge in [0.15, 0.2) is 11.6 Å². The van der Waals surface area contributed by atoms with E-state index in [9.17, 15) is 14.4 Å². The minimum Gasteiger partial charge on any atom is -0.491 e. The van der Waals surface area contributed by atoms with Crippen molar-refractivity contribution in [2.75, 3.05) is 5.32 Å². The summed E-state index contributed by atoms with van der Waals surface area (Å²) >= 11 is 6.62. The molecule has 7 rings (SSSR count). The summed E-state index contributed by atoms with van der Waals surface area (Å²) in [5, 5.41) is 3.34. The summed E-state index contributed by atoms with van der Waals surface area (Å²) in [4.78, 5) is 46.0. The third-order valence-electron chi connectivity index (χ3n) is 8.77. The van der Waals surface area contributed by atoms with Crippen LogP contribution in [0, 0.1) is 5.92 Å². The van der Waals surface area contributed by atoms with Crippen LogP contribution in [0.4, 0.5) is 5.69 Å². The van der Waals surface area contributed by atoms with E-state index in [0.717, 1.165) is 11.1 Å². The van der Waals surface area contributed by atoms with Gasteiger partial charge in [0.25, 0.3) is 0 Å². The molecule has 4 aromatic carbocycles. The van der Waals surface area contributed by atoms with Crippen LogP contribution >= 0.6 is 11.6 Å². The molecule has 1 fully saturated rings. The summed E-state index contributed by atoms with van der Waals surface area (Å²) in [7, 11) is 0. The van der Waals surface area contributed by atoms with Gasteiger partial charge < -0.3 is 15.0 Å². The number of rotatable bonds is 6. The molecule has 214 valence electrons. The van der Waals surface area contributed by atoms with Crippen molar-refractivity contribution in [1.29, 1.82) is 0 Å². The number of amides is 1. The van der Waals surface area contributed by atoms with Crippen molar-refractivity contribution in [3.8, 4) is 5.75 Å². The number of hydrogen-bond donors (Lipinski definition) is 1. The zero-order valence-corrected chi connectivity index (χ0v) is 24.4. The van der Waals surface area contributed by atoms with E-state index >= 15 is 0 Å². The predicted molar refractivity (Wildman–Crippen MR) is 166 cm³/mol. The van der Waals surface area contributed by atoms with Gasteiger partial charge in [0.05, 0.1) is 23.1 Å². The molecular formula is C36H29ClN2O4. The van der Waals surface area contributed by atoms with Crippen LogP contribution in [0.25, 0.3) is 6.08 Å². The van der Waals surface area contributed by atoms with Gasteiger partial charge in [0.1, 0.15) is 17.2 Å². The highest BCUT2D eigenvalue weighted by Gasteiger charge is 2.70. The Morgan fingerprint density at radius 2 is 1.58 bits per heavy atom. The maximum absolute atomic E-state index is 14.9. The summed E-state index contributed by atoms with van der Waals surface area (Å²) in [5.74, 6) is -1.36. The van der Waals surface area contributed by atoms with Gasteiger partial charge in [-0.1, -0.05) is 66.2 Å². The van der Waals surface area contributed by atoms with Gasteiger partial charge in [-0.05, 0) is 79.1 Å². The van der Waals surface area contributed by atoms with Crippen LogP contribution in [-0.2, 0) is 10.2 Å². The molecule has 3 heterocycles. The maximum atomic E-state index is 14.9. The van der Waals surface area contributed by atoms with Crippen molar-refractivity contribution >= 4 is 40.8 Å². The summed E-state index contributed by atoms with van der Waals surface area (Å²) in [6, 6.07) is 27.5.